The number of carbonyl (C=O) groups is 1. The first-order valence-electron chi connectivity index (χ1n) is 14.0. The molecule has 0 saturated heterocycles. The standard InChI is InChI=1S/C32H38N6O/c1-2-3-15-29-35-32(20-9-10-21-32)31(39)37(29)22-25-16-18-26(19-17-25)27-13-7-8-14-28(27)30(36-33)38(34)23-24-11-5-4-6-12-24/h4-8,11-14,16-19H,2-3,9-10,15,20-23,33-34H2,1H3/b36-30-. The minimum atomic E-state index is -0.506. The molecule has 1 saturated carbocycles. The van der Waals surface area contributed by atoms with Crippen LogP contribution in [0.4, 0.5) is 0 Å². The van der Waals surface area contributed by atoms with Crippen LogP contribution in [0.2, 0.25) is 0 Å². The molecule has 0 atom stereocenters. The van der Waals surface area contributed by atoms with Crippen LogP contribution < -0.4 is 11.7 Å². The Bertz CT molecular complexity index is 1340. The second-order valence-electron chi connectivity index (χ2n) is 10.6. The summed E-state index contributed by atoms with van der Waals surface area (Å²) in [4.78, 5) is 20.5. The number of amides is 1. The molecule has 1 aliphatic carbocycles. The Morgan fingerprint density at radius 3 is 2.36 bits per heavy atom. The summed E-state index contributed by atoms with van der Waals surface area (Å²) in [5.41, 5.74) is 4.53. The molecule has 202 valence electrons. The molecule has 2 aliphatic rings. The zero-order chi connectivity index (χ0) is 27.2. The molecule has 3 aromatic carbocycles. The van der Waals surface area contributed by atoms with Gasteiger partial charge in [-0.1, -0.05) is 105 Å². The predicted molar refractivity (Wildman–Crippen MR) is 157 cm³/mol. The van der Waals surface area contributed by atoms with E-state index < -0.39 is 5.54 Å². The Balaban J connectivity index is 1.36. The quantitative estimate of drug-likeness (QED) is 0.165. The van der Waals surface area contributed by atoms with Gasteiger partial charge in [0.05, 0.1) is 13.1 Å². The van der Waals surface area contributed by atoms with Gasteiger partial charge in [0.1, 0.15) is 11.4 Å². The van der Waals surface area contributed by atoms with Crippen LogP contribution in [0.5, 0.6) is 0 Å². The van der Waals surface area contributed by atoms with Crippen LogP contribution in [0.3, 0.4) is 0 Å². The molecule has 1 heterocycles. The van der Waals surface area contributed by atoms with E-state index >= 15 is 0 Å². The van der Waals surface area contributed by atoms with Crippen LogP contribution in [0.1, 0.15) is 68.6 Å². The normalized spacial score (nSPS) is 16.7. The highest BCUT2D eigenvalue weighted by molar-refractivity contribution is 6.08. The smallest absolute Gasteiger partial charge is 0.256 e. The number of benzene rings is 3. The number of amidine groups is 2. The average Bonchev–Trinajstić information content (AvgIpc) is 3.54. The summed E-state index contributed by atoms with van der Waals surface area (Å²) in [6, 6.07) is 26.4. The molecule has 1 fully saturated rings. The summed E-state index contributed by atoms with van der Waals surface area (Å²) in [5, 5.41) is 5.64. The number of rotatable bonds is 9. The fourth-order valence-corrected chi connectivity index (χ4v) is 5.75. The van der Waals surface area contributed by atoms with Gasteiger partial charge >= 0.3 is 0 Å². The van der Waals surface area contributed by atoms with Gasteiger partial charge in [-0.3, -0.25) is 19.7 Å². The highest BCUT2D eigenvalue weighted by Crippen LogP contribution is 2.40. The second-order valence-corrected chi connectivity index (χ2v) is 10.6. The molecular weight excluding hydrogens is 484 g/mol. The van der Waals surface area contributed by atoms with E-state index in [1.165, 1.54) is 0 Å². The zero-order valence-corrected chi connectivity index (χ0v) is 22.7. The van der Waals surface area contributed by atoms with Crippen molar-refractivity contribution in [3.63, 3.8) is 0 Å². The van der Waals surface area contributed by atoms with Crippen molar-refractivity contribution in [2.24, 2.45) is 21.8 Å². The maximum absolute atomic E-state index is 13.5. The summed E-state index contributed by atoms with van der Waals surface area (Å²) in [6.07, 6.45) is 6.90. The first-order chi connectivity index (χ1) is 19.0. The Labute approximate surface area is 231 Å². The summed E-state index contributed by atoms with van der Waals surface area (Å²) in [6.45, 7) is 3.21. The van der Waals surface area contributed by atoms with Gasteiger partial charge in [-0.2, -0.15) is 5.10 Å². The van der Waals surface area contributed by atoms with Crippen molar-refractivity contribution in [3.05, 3.63) is 95.6 Å². The number of hydrazine groups is 1. The van der Waals surface area contributed by atoms with Gasteiger partial charge < -0.3 is 5.84 Å². The number of aliphatic imine (C=N–C) groups is 1. The van der Waals surface area contributed by atoms with Crippen molar-refractivity contribution in [1.29, 1.82) is 0 Å². The number of unbranched alkanes of at least 4 members (excludes halogenated alkanes) is 1. The number of nitrogens with two attached hydrogens (primary N) is 2. The lowest BCUT2D eigenvalue weighted by atomic mass is 9.97. The van der Waals surface area contributed by atoms with Crippen LogP contribution in [-0.4, -0.2) is 33.0 Å². The van der Waals surface area contributed by atoms with Crippen molar-refractivity contribution < 1.29 is 4.79 Å². The molecule has 1 spiro atoms. The van der Waals surface area contributed by atoms with Crippen LogP contribution in [0.25, 0.3) is 11.1 Å². The SMILES string of the molecule is CCCCC1=NC2(CCCC2)C(=O)N1Cc1ccc(-c2ccccc2/C(=N/N)N(N)Cc2ccccc2)cc1. The number of hydrazone groups is 1. The molecule has 5 rings (SSSR count). The Hall–Kier alpha value is -3.97. The van der Waals surface area contributed by atoms with E-state index in [-0.39, 0.29) is 5.91 Å². The minimum absolute atomic E-state index is 0.186. The molecule has 3 aromatic rings. The van der Waals surface area contributed by atoms with Gasteiger partial charge in [0, 0.05) is 12.0 Å². The van der Waals surface area contributed by atoms with Gasteiger partial charge in [0.25, 0.3) is 5.91 Å². The van der Waals surface area contributed by atoms with Crippen LogP contribution in [-0.2, 0) is 17.9 Å². The van der Waals surface area contributed by atoms with Crippen LogP contribution in [0.15, 0.2) is 89.0 Å². The number of carbonyl (C=O) groups excluding carboxylic acids is 1. The lowest BCUT2D eigenvalue weighted by molar-refractivity contribution is -0.131. The topological polar surface area (TPSA) is 100 Å². The maximum Gasteiger partial charge on any atom is 0.256 e. The predicted octanol–water partition coefficient (Wildman–Crippen LogP) is 5.59. The monoisotopic (exact) mass is 522 g/mol. The second kappa shape index (κ2) is 11.8. The van der Waals surface area contributed by atoms with E-state index in [0.29, 0.717) is 18.9 Å². The summed E-state index contributed by atoms with van der Waals surface area (Å²) < 4.78 is 0. The van der Waals surface area contributed by atoms with Gasteiger partial charge in [-0.05, 0) is 41.5 Å². The number of hydrogen-bond acceptors (Lipinski definition) is 5. The van der Waals surface area contributed by atoms with E-state index in [4.69, 9.17) is 16.7 Å². The summed E-state index contributed by atoms with van der Waals surface area (Å²) in [7, 11) is 0. The Kier molecular flexibility index (Phi) is 8.07. The Morgan fingerprint density at radius 2 is 1.67 bits per heavy atom. The van der Waals surface area contributed by atoms with E-state index in [2.05, 4.69) is 42.4 Å². The third-order valence-corrected chi connectivity index (χ3v) is 7.85. The van der Waals surface area contributed by atoms with Crippen LogP contribution >= 0.6 is 0 Å². The molecule has 7 nitrogen and oxygen atoms in total. The number of hydrogen-bond donors (Lipinski definition) is 2. The molecule has 39 heavy (non-hydrogen) atoms. The molecule has 7 heteroatoms. The maximum atomic E-state index is 13.5. The van der Waals surface area contributed by atoms with Crippen molar-refractivity contribution >= 4 is 17.6 Å². The fraction of sp³-hybridized carbons (Fsp3) is 0.344. The average molecular weight is 523 g/mol. The molecule has 1 amide bonds. The van der Waals surface area contributed by atoms with Gasteiger partial charge in [-0.15, -0.1) is 0 Å². The lowest BCUT2D eigenvalue weighted by Gasteiger charge is -2.23. The van der Waals surface area contributed by atoms with Crippen LogP contribution in [0, 0.1) is 0 Å². The summed E-state index contributed by atoms with van der Waals surface area (Å²) in [5.74, 6) is 13.9. The van der Waals surface area contributed by atoms with E-state index in [9.17, 15) is 4.79 Å². The van der Waals surface area contributed by atoms with Gasteiger partial charge in [0.2, 0.25) is 0 Å². The fourth-order valence-electron chi connectivity index (χ4n) is 5.75. The van der Waals surface area contributed by atoms with Crippen molar-refractivity contribution in [2.45, 2.75) is 70.5 Å². The Morgan fingerprint density at radius 1 is 0.974 bits per heavy atom. The molecule has 0 radical (unpaired) electrons. The largest absolute Gasteiger partial charge is 0.321 e. The zero-order valence-electron chi connectivity index (χ0n) is 22.7. The third-order valence-electron chi connectivity index (χ3n) is 7.85. The van der Waals surface area contributed by atoms with E-state index in [1.54, 1.807) is 5.01 Å². The van der Waals surface area contributed by atoms with Crippen molar-refractivity contribution in [2.75, 3.05) is 0 Å². The molecule has 4 N–H and O–H groups in total. The van der Waals surface area contributed by atoms with E-state index in [0.717, 1.165) is 78.6 Å². The molecule has 0 bridgehead atoms. The highest BCUT2D eigenvalue weighted by Gasteiger charge is 2.49. The summed E-state index contributed by atoms with van der Waals surface area (Å²) >= 11 is 0. The van der Waals surface area contributed by atoms with Gasteiger partial charge in [0.15, 0.2) is 5.84 Å². The molecular formula is C32H38N6O. The van der Waals surface area contributed by atoms with Crippen molar-refractivity contribution in [3.8, 4) is 11.1 Å². The third kappa shape index (κ3) is 5.59. The minimum Gasteiger partial charge on any atom is -0.321 e. The van der Waals surface area contributed by atoms with Gasteiger partial charge in [-0.25, -0.2) is 5.84 Å². The highest BCUT2D eigenvalue weighted by atomic mass is 16.2. The molecule has 0 aromatic heterocycles. The van der Waals surface area contributed by atoms with Crippen molar-refractivity contribution in [1.82, 2.24) is 9.91 Å². The molecule has 0 unspecified atom stereocenters. The first kappa shape index (κ1) is 26.6. The number of nitrogens with zero attached hydrogens (tertiary/aromatic N) is 4. The van der Waals surface area contributed by atoms with E-state index in [1.807, 2.05) is 53.4 Å². The molecule has 1 aliphatic heterocycles. The lowest BCUT2D eigenvalue weighted by Crippen LogP contribution is -2.40. The first-order valence-corrected chi connectivity index (χ1v) is 14.0.